The van der Waals surface area contributed by atoms with Crippen LogP contribution in [0.25, 0.3) is 0 Å². The molecule has 1 heterocycles. The molecule has 7 nitrogen and oxygen atoms in total. The van der Waals surface area contributed by atoms with Gasteiger partial charge in [-0.15, -0.1) is 0 Å². The zero-order valence-electron chi connectivity index (χ0n) is 11.3. The van der Waals surface area contributed by atoms with E-state index in [0.29, 0.717) is 19.0 Å². The number of rotatable bonds is 7. The van der Waals surface area contributed by atoms with E-state index in [9.17, 15) is 14.9 Å². The Morgan fingerprint density at radius 1 is 1.55 bits per heavy atom. The lowest BCUT2D eigenvalue weighted by molar-refractivity contribution is -0.384. The smallest absolute Gasteiger partial charge is 0.354 e. The van der Waals surface area contributed by atoms with E-state index >= 15 is 0 Å². The van der Waals surface area contributed by atoms with Crippen molar-refractivity contribution in [3.63, 3.8) is 0 Å². The number of nitrogens with zero attached hydrogens (tertiary/aromatic N) is 3. The number of carbonyl (C=O) groups is 1. The van der Waals surface area contributed by atoms with Gasteiger partial charge in [0.25, 0.3) is 0 Å². The molecule has 0 spiro atoms. The fourth-order valence-corrected chi connectivity index (χ4v) is 2.10. The Hall–Kier alpha value is -2.18. The van der Waals surface area contributed by atoms with Crippen LogP contribution >= 0.6 is 0 Å². The van der Waals surface area contributed by atoms with Crippen LogP contribution in [0.1, 0.15) is 36.7 Å². The number of aromatic carboxylic acids is 1. The first kappa shape index (κ1) is 14.2. The molecule has 1 aromatic heterocycles. The highest BCUT2D eigenvalue weighted by molar-refractivity contribution is 5.86. The van der Waals surface area contributed by atoms with Gasteiger partial charge in [-0.2, -0.15) is 0 Å². The van der Waals surface area contributed by atoms with Crippen molar-refractivity contribution >= 4 is 17.5 Å². The summed E-state index contributed by atoms with van der Waals surface area (Å²) in [5.41, 5.74) is -0.299. The van der Waals surface area contributed by atoms with Crippen LogP contribution in [0.3, 0.4) is 0 Å². The molecule has 1 aromatic rings. The number of nitro groups is 1. The molecule has 1 N–H and O–H groups in total. The molecule has 1 aliphatic carbocycles. The van der Waals surface area contributed by atoms with Crippen molar-refractivity contribution in [2.24, 2.45) is 5.92 Å². The maximum Gasteiger partial charge on any atom is 0.354 e. The number of carboxylic acid groups (broad SMARTS) is 1. The highest BCUT2D eigenvalue weighted by Crippen LogP contribution is 2.34. The molecule has 0 aromatic carbocycles. The van der Waals surface area contributed by atoms with Crippen molar-refractivity contribution in [1.29, 1.82) is 0 Å². The Balaban J connectivity index is 2.39. The predicted octanol–water partition coefficient (Wildman–Crippen LogP) is 2.31. The molecule has 0 saturated heterocycles. The van der Waals surface area contributed by atoms with Gasteiger partial charge in [-0.25, -0.2) is 9.78 Å². The van der Waals surface area contributed by atoms with Crippen LogP contribution in [0.4, 0.5) is 11.5 Å². The summed E-state index contributed by atoms with van der Waals surface area (Å²) >= 11 is 0. The van der Waals surface area contributed by atoms with Crippen molar-refractivity contribution < 1.29 is 14.8 Å². The summed E-state index contributed by atoms with van der Waals surface area (Å²) in [4.78, 5) is 27.4. The van der Waals surface area contributed by atoms with Crippen molar-refractivity contribution in [3.05, 3.63) is 27.9 Å². The van der Waals surface area contributed by atoms with E-state index in [1.54, 1.807) is 0 Å². The summed E-state index contributed by atoms with van der Waals surface area (Å²) in [6.45, 7) is 3.31. The second-order valence-corrected chi connectivity index (χ2v) is 4.99. The van der Waals surface area contributed by atoms with Crippen LogP contribution in [-0.2, 0) is 0 Å². The van der Waals surface area contributed by atoms with Crippen LogP contribution in [-0.4, -0.2) is 34.1 Å². The largest absolute Gasteiger partial charge is 0.477 e. The van der Waals surface area contributed by atoms with E-state index in [0.717, 1.165) is 19.3 Å². The molecule has 0 amide bonds. The number of hydrogen-bond acceptors (Lipinski definition) is 5. The standard InChI is InChI=1S/C13H17N3O4/c1-2-7-15(8-9-3-4-9)12-11(16(19)20)6-5-10(14-12)13(17)18/h5-6,9H,2-4,7-8H2,1H3,(H,17,18). The molecule has 1 saturated carbocycles. The number of anilines is 1. The van der Waals surface area contributed by atoms with Gasteiger partial charge in [-0.3, -0.25) is 10.1 Å². The molecule has 0 unspecified atom stereocenters. The maximum absolute atomic E-state index is 11.1. The SMILES string of the molecule is CCCN(CC1CC1)c1nc(C(=O)O)ccc1[N+](=O)[O-]. The highest BCUT2D eigenvalue weighted by atomic mass is 16.6. The Labute approximate surface area is 116 Å². The Morgan fingerprint density at radius 3 is 2.75 bits per heavy atom. The molecule has 2 rings (SSSR count). The van der Waals surface area contributed by atoms with Crippen molar-refractivity contribution in [1.82, 2.24) is 4.98 Å². The second-order valence-electron chi connectivity index (χ2n) is 4.99. The van der Waals surface area contributed by atoms with Gasteiger partial charge >= 0.3 is 11.7 Å². The van der Waals surface area contributed by atoms with Gasteiger partial charge < -0.3 is 10.0 Å². The summed E-state index contributed by atoms with van der Waals surface area (Å²) < 4.78 is 0. The monoisotopic (exact) mass is 279 g/mol. The van der Waals surface area contributed by atoms with Crippen LogP contribution in [0, 0.1) is 16.0 Å². The van der Waals surface area contributed by atoms with Crippen molar-refractivity contribution in [2.45, 2.75) is 26.2 Å². The molecule has 0 bridgehead atoms. The van der Waals surface area contributed by atoms with Crippen LogP contribution in [0.5, 0.6) is 0 Å². The van der Waals surface area contributed by atoms with Gasteiger partial charge in [0.05, 0.1) is 4.92 Å². The first-order valence-electron chi connectivity index (χ1n) is 6.66. The number of aromatic nitrogens is 1. The highest BCUT2D eigenvalue weighted by Gasteiger charge is 2.29. The lowest BCUT2D eigenvalue weighted by atomic mass is 10.2. The fourth-order valence-electron chi connectivity index (χ4n) is 2.10. The first-order chi connectivity index (χ1) is 9.52. The van der Waals surface area contributed by atoms with E-state index in [4.69, 9.17) is 5.11 Å². The van der Waals surface area contributed by atoms with Gasteiger partial charge in [0.2, 0.25) is 5.82 Å². The lowest BCUT2D eigenvalue weighted by Gasteiger charge is -2.22. The fraction of sp³-hybridized carbons (Fsp3) is 0.538. The third kappa shape index (κ3) is 3.23. The molecular weight excluding hydrogens is 262 g/mol. The van der Waals surface area contributed by atoms with Crippen molar-refractivity contribution in [3.8, 4) is 0 Å². The van der Waals surface area contributed by atoms with E-state index in [1.807, 2.05) is 11.8 Å². The Kier molecular flexibility index (Phi) is 4.16. The minimum atomic E-state index is -1.18. The zero-order valence-corrected chi connectivity index (χ0v) is 11.3. The van der Waals surface area contributed by atoms with E-state index in [2.05, 4.69) is 4.98 Å². The summed E-state index contributed by atoms with van der Waals surface area (Å²) in [5.74, 6) is -0.468. The molecular formula is C13H17N3O4. The number of hydrogen-bond donors (Lipinski definition) is 1. The third-order valence-corrected chi connectivity index (χ3v) is 3.24. The van der Waals surface area contributed by atoms with Crippen molar-refractivity contribution in [2.75, 3.05) is 18.0 Å². The molecule has 0 atom stereocenters. The van der Waals surface area contributed by atoms with Gasteiger partial charge in [-0.1, -0.05) is 6.92 Å². The first-order valence-corrected chi connectivity index (χ1v) is 6.66. The van der Waals surface area contributed by atoms with E-state index in [-0.39, 0.29) is 17.2 Å². The topological polar surface area (TPSA) is 96.6 Å². The minimum absolute atomic E-state index is 0.135. The lowest BCUT2D eigenvalue weighted by Crippen LogP contribution is -2.28. The van der Waals surface area contributed by atoms with Crippen LogP contribution in [0.15, 0.2) is 12.1 Å². The van der Waals surface area contributed by atoms with E-state index in [1.165, 1.54) is 12.1 Å². The molecule has 0 aliphatic heterocycles. The van der Waals surface area contributed by atoms with Gasteiger partial charge in [0.15, 0.2) is 5.69 Å². The van der Waals surface area contributed by atoms with Gasteiger partial charge in [0.1, 0.15) is 0 Å². The maximum atomic E-state index is 11.1. The summed E-state index contributed by atoms with van der Waals surface area (Å²) in [6.07, 6.45) is 3.06. The summed E-state index contributed by atoms with van der Waals surface area (Å²) in [5, 5.41) is 20.1. The average Bonchev–Trinajstić information content (AvgIpc) is 3.21. The third-order valence-electron chi connectivity index (χ3n) is 3.24. The molecule has 0 radical (unpaired) electrons. The van der Waals surface area contributed by atoms with Gasteiger partial charge in [-0.05, 0) is 31.2 Å². The predicted molar refractivity (Wildman–Crippen MR) is 73.1 cm³/mol. The summed E-state index contributed by atoms with van der Waals surface area (Å²) in [7, 11) is 0. The average molecular weight is 279 g/mol. The molecule has 1 fully saturated rings. The molecule has 1 aliphatic rings. The normalized spacial score (nSPS) is 14.1. The second kappa shape index (κ2) is 5.85. The van der Waals surface area contributed by atoms with Crippen LogP contribution in [0.2, 0.25) is 0 Å². The Morgan fingerprint density at radius 2 is 2.25 bits per heavy atom. The zero-order chi connectivity index (χ0) is 14.7. The van der Waals surface area contributed by atoms with E-state index < -0.39 is 10.9 Å². The number of carboxylic acids is 1. The Bertz CT molecular complexity index is 528. The summed E-state index contributed by atoms with van der Waals surface area (Å²) in [6, 6.07) is 2.40. The van der Waals surface area contributed by atoms with Crippen LogP contribution < -0.4 is 4.90 Å². The molecule has 7 heteroatoms. The molecule has 108 valence electrons. The minimum Gasteiger partial charge on any atom is -0.477 e. The quantitative estimate of drug-likeness (QED) is 0.607. The van der Waals surface area contributed by atoms with Gasteiger partial charge in [0, 0.05) is 19.2 Å². The number of pyridine rings is 1. The molecule has 20 heavy (non-hydrogen) atoms.